The van der Waals surface area contributed by atoms with Gasteiger partial charge in [0.15, 0.2) is 0 Å². The van der Waals surface area contributed by atoms with Gasteiger partial charge < -0.3 is 19.7 Å². The lowest BCUT2D eigenvalue weighted by molar-refractivity contribution is 0.000965. The first-order chi connectivity index (χ1) is 12.2. The Bertz CT molecular complexity index is 690. The molecule has 1 N–H and O–H groups in total. The molecule has 3 rings (SSSR count). The minimum Gasteiger partial charge on any atom is -0.497 e. The van der Waals surface area contributed by atoms with Gasteiger partial charge in [0.25, 0.3) is 0 Å². The van der Waals surface area contributed by atoms with Gasteiger partial charge in [-0.3, -0.25) is 0 Å². The van der Waals surface area contributed by atoms with Crippen LogP contribution in [-0.2, 0) is 11.3 Å². The number of para-hydroxylation sites is 1. The van der Waals surface area contributed by atoms with Crippen molar-refractivity contribution >= 4 is 11.7 Å². The van der Waals surface area contributed by atoms with E-state index in [1.165, 1.54) is 0 Å². The predicted octanol–water partition coefficient (Wildman–Crippen LogP) is 3.91. The average molecular weight is 340 g/mol. The van der Waals surface area contributed by atoms with Crippen LogP contribution in [0.15, 0.2) is 54.6 Å². The molecule has 1 aliphatic heterocycles. The zero-order valence-electron chi connectivity index (χ0n) is 14.5. The Morgan fingerprint density at radius 2 is 2.04 bits per heavy atom. The second-order valence-electron chi connectivity index (χ2n) is 6.17. The van der Waals surface area contributed by atoms with Crippen LogP contribution in [0, 0.1) is 0 Å². The number of carbonyl (C=O) groups excluding carboxylic acids is 1. The van der Waals surface area contributed by atoms with Gasteiger partial charge in [0.2, 0.25) is 0 Å². The molecule has 2 aromatic carbocycles. The molecule has 132 valence electrons. The Morgan fingerprint density at radius 3 is 2.84 bits per heavy atom. The van der Waals surface area contributed by atoms with Gasteiger partial charge in [-0.25, -0.2) is 4.79 Å². The standard InChI is InChI=1S/C20H24N2O3/c1-24-18-10-5-7-16(13-18)15-25-19-11-6-12-22(14-19)20(23)21-17-8-3-2-4-9-17/h2-5,7-10,13,19H,6,11-12,14-15H2,1H3,(H,21,23). The first kappa shape index (κ1) is 17.3. The summed E-state index contributed by atoms with van der Waals surface area (Å²) in [4.78, 5) is 14.2. The summed E-state index contributed by atoms with van der Waals surface area (Å²) in [7, 11) is 1.66. The minimum atomic E-state index is -0.0686. The number of methoxy groups -OCH3 is 1. The Kier molecular flexibility index (Phi) is 5.90. The minimum absolute atomic E-state index is 0.0569. The van der Waals surface area contributed by atoms with Gasteiger partial charge in [0, 0.05) is 18.8 Å². The van der Waals surface area contributed by atoms with Crippen molar-refractivity contribution in [2.24, 2.45) is 0 Å². The number of ether oxygens (including phenoxy) is 2. The summed E-state index contributed by atoms with van der Waals surface area (Å²) >= 11 is 0. The van der Waals surface area contributed by atoms with Crippen molar-refractivity contribution in [3.05, 3.63) is 60.2 Å². The van der Waals surface area contributed by atoms with Gasteiger partial charge in [0.1, 0.15) is 5.75 Å². The molecule has 1 atom stereocenters. The largest absolute Gasteiger partial charge is 0.497 e. The third kappa shape index (κ3) is 4.97. The highest BCUT2D eigenvalue weighted by Gasteiger charge is 2.24. The number of rotatable bonds is 5. The molecule has 1 fully saturated rings. The van der Waals surface area contributed by atoms with Crippen LogP contribution in [-0.4, -0.2) is 37.2 Å². The fourth-order valence-corrected chi connectivity index (χ4v) is 2.96. The van der Waals surface area contributed by atoms with Gasteiger partial charge in [-0.2, -0.15) is 0 Å². The van der Waals surface area contributed by atoms with Crippen LogP contribution < -0.4 is 10.1 Å². The maximum atomic E-state index is 12.4. The van der Waals surface area contributed by atoms with Crippen molar-refractivity contribution in [3.8, 4) is 5.75 Å². The summed E-state index contributed by atoms with van der Waals surface area (Å²) in [6, 6.07) is 17.3. The van der Waals surface area contributed by atoms with E-state index in [2.05, 4.69) is 5.32 Å². The number of nitrogens with one attached hydrogen (secondary N) is 1. The predicted molar refractivity (Wildman–Crippen MR) is 97.8 cm³/mol. The van der Waals surface area contributed by atoms with Crippen LogP contribution in [0.3, 0.4) is 0 Å². The molecule has 0 spiro atoms. The molecule has 0 bridgehead atoms. The smallest absolute Gasteiger partial charge is 0.321 e. The molecule has 5 heteroatoms. The van der Waals surface area contributed by atoms with Crippen LogP contribution >= 0.6 is 0 Å². The summed E-state index contributed by atoms with van der Waals surface area (Å²) in [6.45, 7) is 1.90. The Labute approximate surface area is 148 Å². The zero-order chi connectivity index (χ0) is 17.5. The summed E-state index contributed by atoms with van der Waals surface area (Å²) in [6.07, 6.45) is 1.98. The second kappa shape index (κ2) is 8.53. The SMILES string of the molecule is COc1cccc(COC2CCCN(C(=O)Nc3ccccc3)C2)c1. The van der Waals surface area contributed by atoms with Crippen LogP contribution in [0.5, 0.6) is 5.75 Å². The molecule has 2 amide bonds. The first-order valence-corrected chi connectivity index (χ1v) is 8.60. The average Bonchev–Trinajstić information content (AvgIpc) is 2.67. The van der Waals surface area contributed by atoms with Gasteiger partial charge in [0.05, 0.1) is 19.8 Å². The lowest BCUT2D eigenvalue weighted by Crippen LogP contribution is -2.45. The molecule has 0 saturated carbocycles. The molecule has 2 aromatic rings. The highest BCUT2D eigenvalue weighted by atomic mass is 16.5. The van der Waals surface area contributed by atoms with Crippen LogP contribution in [0.25, 0.3) is 0 Å². The van der Waals surface area contributed by atoms with Gasteiger partial charge in [-0.15, -0.1) is 0 Å². The van der Waals surface area contributed by atoms with Gasteiger partial charge in [-0.1, -0.05) is 30.3 Å². The molecule has 1 aliphatic rings. The number of carbonyl (C=O) groups is 1. The Morgan fingerprint density at radius 1 is 1.20 bits per heavy atom. The number of hydrogen-bond donors (Lipinski definition) is 1. The van der Waals surface area contributed by atoms with Gasteiger partial charge >= 0.3 is 6.03 Å². The lowest BCUT2D eigenvalue weighted by atomic mass is 10.1. The molecule has 1 saturated heterocycles. The van der Waals surface area contributed by atoms with E-state index in [0.29, 0.717) is 13.2 Å². The van der Waals surface area contributed by atoms with Crippen molar-refractivity contribution in [1.29, 1.82) is 0 Å². The van der Waals surface area contributed by atoms with E-state index < -0.39 is 0 Å². The van der Waals surface area contributed by atoms with E-state index in [1.807, 2.05) is 59.5 Å². The van der Waals surface area contributed by atoms with E-state index in [-0.39, 0.29) is 12.1 Å². The molecule has 1 unspecified atom stereocenters. The fraction of sp³-hybridized carbons (Fsp3) is 0.350. The maximum Gasteiger partial charge on any atom is 0.321 e. The molecular formula is C20H24N2O3. The molecule has 0 radical (unpaired) electrons. The van der Waals surface area contributed by atoms with E-state index in [9.17, 15) is 4.79 Å². The number of amides is 2. The monoisotopic (exact) mass is 340 g/mol. The number of piperidine rings is 1. The highest BCUT2D eigenvalue weighted by molar-refractivity contribution is 5.89. The topological polar surface area (TPSA) is 50.8 Å². The number of hydrogen-bond acceptors (Lipinski definition) is 3. The summed E-state index contributed by atoms with van der Waals surface area (Å²) in [5, 5.41) is 2.94. The van der Waals surface area contributed by atoms with E-state index >= 15 is 0 Å². The number of likely N-dealkylation sites (tertiary alicyclic amines) is 1. The summed E-state index contributed by atoms with van der Waals surface area (Å²) in [5.74, 6) is 0.827. The van der Waals surface area contributed by atoms with Crippen LogP contribution in [0.4, 0.5) is 10.5 Å². The zero-order valence-corrected chi connectivity index (χ0v) is 14.5. The molecule has 25 heavy (non-hydrogen) atoms. The fourth-order valence-electron chi connectivity index (χ4n) is 2.96. The number of benzene rings is 2. The number of anilines is 1. The van der Waals surface area contributed by atoms with Crippen molar-refractivity contribution in [3.63, 3.8) is 0 Å². The van der Waals surface area contributed by atoms with E-state index in [0.717, 1.165) is 36.4 Å². The molecule has 1 heterocycles. The van der Waals surface area contributed by atoms with Gasteiger partial charge in [-0.05, 0) is 42.7 Å². The highest BCUT2D eigenvalue weighted by Crippen LogP contribution is 2.18. The van der Waals surface area contributed by atoms with E-state index in [4.69, 9.17) is 9.47 Å². The normalized spacial score (nSPS) is 17.2. The van der Waals surface area contributed by atoms with Crippen LogP contribution in [0.1, 0.15) is 18.4 Å². The molecule has 0 aliphatic carbocycles. The van der Waals surface area contributed by atoms with Crippen LogP contribution in [0.2, 0.25) is 0 Å². The van der Waals surface area contributed by atoms with Crippen molar-refractivity contribution in [2.45, 2.75) is 25.6 Å². The second-order valence-corrected chi connectivity index (χ2v) is 6.17. The number of urea groups is 1. The lowest BCUT2D eigenvalue weighted by Gasteiger charge is -2.32. The molecule has 5 nitrogen and oxygen atoms in total. The summed E-state index contributed by atoms with van der Waals surface area (Å²) in [5.41, 5.74) is 1.89. The molecule has 0 aromatic heterocycles. The molecular weight excluding hydrogens is 316 g/mol. The Hall–Kier alpha value is -2.53. The number of nitrogens with zero attached hydrogens (tertiary/aromatic N) is 1. The Balaban J connectivity index is 1.51. The first-order valence-electron chi connectivity index (χ1n) is 8.60. The van der Waals surface area contributed by atoms with Crippen molar-refractivity contribution in [2.75, 3.05) is 25.5 Å². The maximum absolute atomic E-state index is 12.4. The third-order valence-corrected chi connectivity index (χ3v) is 4.31. The van der Waals surface area contributed by atoms with Crippen molar-refractivity contribution in [1.82, 2.24) is 4.90 Å². The quantitative estimate of drug-likeness (QED) is 0.898. The van der Waals surface area contributed by atoms with Crippen molar-refractivity contribution < 1.29 is 14.3 Å². The summed E-state index contributed by atoms with van der Waals surface area (Å²) < 4.78 is 11.3. The van der Waals surface area contributed by atoms with E-state index in [1.54, 1.807) is 7.11 Å². The third-order valence-electron chi connectivity index (χ3n) is 4.31.